The van der Waals surface area contributed by atoms with E-state index in [2.05, 4.69) is 9.47 Å². The Kier molecular flexibility index (Phi) is 6.70. The zero-order valence-electron chi connectivity index (χ0n) is 17.8. The van der Waals surface area contributed by atoms with Crippen LogP contribution in [0.5, 0.6) is 0 Å². The van der Waals surface area contributed by atoms with Gasteiger partial charge in [-0.2, -0.15) is 18.2 Å². The van der Waals surface area contributed by atoms with Crippen LogP contribution in [-0.2, 0) is 19.1 Å². The molecule has 178 valence electrons. The molecule has 0 aliphatic carbocycles. The predicted molar refractivity (Wildman–Crippen MR) is 107 cm³/mol. The Bertz CT molecular complexity index is 1130. The number of hydrogen-bond donors (Lipinski definition) is 0. The van der Waals surface area contributed by atoms with Gasteiger partial charge in [0.15, 0.2) is 0 Å². The molecule has 2 aromatic carbocycles. The molecule has 12 heteroatoms. The van der Waals surface area contributed by atoms with Gasteiger partial charge in [0, 0.05) is 6.92 Å². The summed E-state index contributed by atoms with van der Waals surface area (Å²) in [5, 5.41) is 1.09. The van der Waals surface area contributed by atoms with Crippen LogP contribution < -0.4 is 0 Å². The number of nitrogens with zero attached hydrogens (tertiary/aromatic N) is 2. The van der Waals surface area contributed by atoms with Gasteiger partial charge in [0.2, 0.25) is 5.91 Å². The largest absolute Gasteiger partial charge is 0.490 e. The van der Waals surface area contributed by atoms with Crippen molar-refractivity contribution in [2.24, 2.45) is 0 Å². The minimum absolute atomic E-state index is 0.00465. The number of fused-ring (bicyclic) bond motifs is 1. The highest BCUT2D eigenvalue weighted by Crippen LogP contribution is 2.29. The first kappa shape index (κ1) is 24.4. The highest BCUT2D eigenvalue weighted by atomic mass is 19.4. The van der Waals surface area contributed by atoms with Gasteiger partial charge >= 0.3 is 18.1 Å². The lowest BCUT2D eigenvalue weighted by Gasteiger charge is -2.32. The molecule has 1 atom stereocenters. The number of esters is 2. The smallest absolute Gasteiger partial charge is 0.465 e. The van der Waals surface area contributed by atoms with E-state index in [0.717, 1.165) is 14.0 Å². The van der Waals surface area contributed by atoms with E-state index in [-0.39, 0.29) is 22.3 Å². The molecule has 0 bridgehead atoms. The van der Waals surface area contributed by atoms with Crippen LogP contribution in [0.2, 0.25) is 0 Å². The number of carbonyl (C=O) groups excluding carboxylic acids is 5. The molecule has 9 nitrogen and oxygen atoms in total. The maximum absolute atomic E-state index is 12.9. The van der Waals surface area contributed by atoms with Gasteiger partial charge in [0.25, 0.3) is 11.8 Å². The molecular weight excluding hydrogens is 461 g/mol. The lowest BCUT2D eigenvalue weighted by Crippen LogP contribution is -2.51. The van der Waals surface area contributed by atoms with Crippen LogP contribution in [0.3, 0.4) is 0 Å². The maximum atomic E-state index is 12.9. The summed E-state index contributed by atoms with van der Waals surface area (Å²) in [6, 6.07) is 10.6. The molecule has 0 saturated heterocycles. The van der Waals surface area contributed by atoms with Gasteiger partial charge in [-0.3, -0.25) is 14.4 Å². The molecule has 0 aromatic heterocycles. The molecule has 1 heterocycles. The molecular formula is C22H17F3N2O7. The third kappa shape index (κ3) is 4.75. The van der Waals surface area contributed by atoms with E-state index in [4.69, 9.17) is 0 Å². The molecule has 1 aliphatic heterocycles. The Labute approximate surface area is 190 Å². The van der Waals surface area contributed by atoms with Crippen LogP contribution in [0.4, 0.5) is 13.2 Å². The summed E-state index contributed by atoms with van der Waals surface area (Å²) in [5.74, 6) is -5.85. The van der Waals surface area contributed by atoms with Crippen LogP contribution in [0.25, 0.3) is 0 Å². The van der Waals surface area contributed by atoms with Crippen molar-refractivity contribution in [3.63, 3.8) is 0 Å². The molecule has 0 radical (unpaired) electrons. The first-order chi connectivity index (χ1) is 16.0. The molecule has 0 saturated carbocycles. The number of benzene rings is 2. The normalized spacial score (nSPS) is 13.9. The zero-order valence-corrected chi connectivity index (χ0v) is 17.8. The lowest BCUT2D eigenvalue weighted by molar-refractivity contribution is -0.207. The number of imide groups is 1. The first-order valence-electron chi connectivity index (χ1n) is 9.67. The molecule has 1 unspecified atom stereocenters. The summed E-state index contributed by atoms with van der Waals surface area (Å²) in [7, 11) is 1.14. The lowest BCUT2D eigenvalue weighted by atomic mass is 10.1. The fourth-order valence-electron chi connectivity index (χ4n) is 3.26. The van der Waals surface area contributed by atoms with E-state index < -0.39 is 48.5 Å². The van der Waals surface area contributed by atoms with E-state index in [0.29, 0.717) is 10.0 Å². The van der Waals surface area contributed by atoms with Crippen LogP contribution in [0.15, 0.2) is 48.5 Å². The van der Waals surface area contributed by atoms with Crippen molar-refractivity contribution in [1.29, 1.82) is 0 Å². The van der Waals surface area contributed by atoms with E-state index in [9.17, 15) is 37.1 Å². The number of alkyl halides is 3. The fourth-order valence-corrected chi connectivity index (χ4v) is 3.26. The molecule has 2 aromatic rings. The highest BCUT2D eigenvalue weighted by molar-refractivity contribution is 6.21. The van der Waals surface area contributed by atoms with Crippen molar-refractivity contribution >= 4 is 29.7 Å². The Morgan fingerprint density at radius 3 is 1.94 bits per heavy atom. The summed E-state index contributed by atoms with van der Waals surface area (Å²) < 4.78 is 47.9. The number of hydrazine groups is 1. The number of methoxy groups -OCH3 is 1. The summed E-state index contributed by atoms with van der Waals surface area (Å²) in [5.41, 5.74) is 0.0408. The van der Waals surface area contributed by atoms with Crippen molar-refractivity contribution in [2.75, 3.05) is 13.7 Å². The van der Waals surface area contributed by atoms with Gasteiger partial charge in [-0.1, -0.05) is 24.3 Å². The quantitative estimate of drug-likeness (QED) is 0.464. The number of amides is 3. The number of halogens is 3. The second-order valence-electron chi connectivity index (χ2n) is 7.07. The topological polar surface area (TPSA) is 110 Å². The van der Waals surface area contributed by atoms with Gasteiger partial charge in [-0.05, 0) is 29.8 Å². The zero-order chi connectivity index (χ0) is 25.2. The molecule has 3 rings (SSSR count). The van der Waals surface area contributed by atoms with Crippen molar-refractivity contribution in [3.05, 3.63) is 70.8 Å². The summed E-state index contributed by atoms with van der Waals surface area (Å²) in [6.45, 7) is 0.201. The maximum Gasteiger partial charge on any atom is 0.490 e. The van der Waals surface area contributed by atoms with Crippen molar-refractivity contribution in [1.82, 2.24) is 10.0 Å². The van der Waals surface area contributed by atoms with Crippen molar-refractivity contribution in [2.45, 2.75) is 19.2 Å². The first-order valence-corrected chi connectivity index (χ1v) is 9.67. The Hall–Kier alpha value is -4.22. The second kappa shape index (κ2) is 9.33. The summed E-state index contributed by atoms with van der Waals surface area (Å²) >= 11 is 0. The van der Waals surface area contributed by atoms with Crippen molar-refractivity contribution in [3.8, 4) is 0 Å². The van der Waals surface area contributed by atoms with E-state index in [1.54, 1.807) is 0 Å². The summed E-state index contributed by atoms with van der Waals surface area (Å²) in [6.07, 6.45) is -7.09. The van der Waals surface area contributed by atoms with Gasteiger partial charge in [-0.25, -0.2) is 14.6 Å². The number of rotatable bonds is 6. The van der Waals surface area contributed by atoms with Gasteiger partial charge < -0.3 is 9.47 Å². The van der Waals surface area contributed by atoms with E-state index in [1.165, 1.54) is 48.5 Å². The molecule has 1 aliphatic rings. The number of carbonyl (C=O) groups is 5. The average Bonchev–Trinajstić information content (AvgIpc) is 3.05. The third-order valence-electron chi connectivity index (χ3n) is 4.90. The minimum atomic E-state index is -5.35. The number of ether oxygens (including phenoxy) is 2. The Balaban J connectivity index is 1.97. The Morgan fingerprint density at radius 2 is 1.50 bits per heavy atom. The van der Waals surface area contributed by atoms with Crippen LogP contribution >= 0.6 is 0 Å². The van der Waals surface area contributed by atoms with Gasteiger partial charge in [-0.15, -0.1) is 0 Å². The monoisotopic (exact) mass is 478 g/mol. The third-order valence-corrected chi connectivity index (χ3v) is 4.90. The molecule has 3 amide bonds. The minimum Gasteiger partial charge on any atom is -0.465 e. The second-order valence-corrected chi connectivity index (χ2v) is 7.07. The fraction of sp³-hybridized carbons (Fsp3) is 0.227. The van der Waals surface area contributed by atoms with Crippen LogP contribution in [-0.4, -0.2) is 59.5 Å². The van der Waals surface area contributed by atoms with Crippen molar-refractivity contribution < 1.29 is 46.6 Å². The van der Waals surface area contributed by atoms with Crippen LogP contribution in [0.1, 0.15) is 49.7 Å². The van der Waals surface area contributed by atoms with Crippen LogP contribution in [0, 0.1) is 0 Å². The molecule has 0 spiro atoms. The SMILES string of the molecule is COC(=O)c1ccc(C(CN(C(C)=O)N2C(=O)c3ccccc3C2=O)OC(=O)C(F)(F)F)cc1. The number of hydrogen-bond acceptors (Lipinski definition) is 7. The van der Waals surface area contributed by atoms with E-state index in [1.807, 2.05) is 0 Å². The molecule has 0 N–H and O–H groups in total. The van der Waals surface area contributed by atoms with Gasteiger partial charge in [0.1, 0.15) is 6.10 Å². The summed E-state index contributed by atoms with van der Waals surface area (Å²) in [4.78, 5) is 61.1. The predicted octanol–water partition coefficient (Wildman–Crippen LogP) is 2.68. The van der Waals surface area contributed by atoms with E-state index >= 15 is 0 Å². The molecule has 0 fully saturated rings. The average molecular weight is 478 g/mol. The molecule has 34 heavy (non-hydrogen) atoms. The van der Waals surface area contributed by atoms with Gasteiger partial charge in [0.05, 0.1) is 30.3 Å². The highest BCUT2D eigenvalue weighted by Gasteiger charge is 2.45. The Morgan fingerprint density at radius 1 is 0.971 bits per heavy atom. The standard InChI is InChI=1S/C22H17F3N2O7/c1-12(28)26(27-18(29)15-5-3-4-6-16(15)19(27)30)11-17(34-21(32)22(23,24)25)13-7-9-14(10-8-13)20(31)33-2/h3-10,17H,11H2,1-2H3.